The van der Waals surface area contributed by atoms with Crippen LogP contribution < -0.4 is 5.73 Å². The zero-order valence-corrected chi connectivity index (χ0v) is 12.8. The summed E-state index contributed by atoms with van der Waals surface area (Å²) in [6.07, 6.45) is 5.07. The number of carbonyl (C=O) groups is 1. The molecule has 0 saturated heterocycles. The number of rotatable bonds is 3. The summed E-state index contributed by atoms with van der Waals surface area (Å²) in [6, 6.07) is 1.61. The van der Waals surface area contributed by atoms with Gasteiger partial charge in [0.1, 0.15) is 17.4 Å². The number of nitrogens with zero attached hydrogens (tertiary/aromatic N) is 3. The van der Waals surface area contributed by atoms with Gasteiger partial charge in [0, 0.05) is 0 Å². The number of nitrogens with two attached hydrogens (primary N) is 1. The molecule has 2 N–H and O–H groups in total. The Hall–Kier alpha value is -2.56. The van der Waals surface area contributed by atoms with Crippen LogP contribution >= 0.6 is 0 Å². The number of carbonyl (C=O) groups excluding carboxylic acids is 1. The van der Waals surface area contributed by atoms with Crippen LogP contribution in [0.25, 0.3) is 16.6 Å². The lowest BCUT2D eigenvalue weighted by Gasteiger charge is -2.07. The Kier molecular flexibility index (Phi) is 5.72. The van der Waals surface area contributed by atoms with Crippen molar-refractivity contribution in [1.82, 2.24) is 15.0 Å². The first-order chi connectivity index (χ1) is 10.0. The van der Waals surface area contributed by atoms with Crippen LogP contribution in [0.4, 0.5) is 0 Å². The lowest BCUT2D eigenvalue weighted by atomic mass is 10.1. The Bertz CT molecular complexity index is 705. The van der Waals surface area contributed by atoms with Crippen LogP contribution in [-0.2, 0) is 0 Å². The molecule has 2 heterocycles. The summed E-state index contributed by atoms with van der Waals surface area (Å²) in [7, 11) is 0. The Morgan fingerprint density at radius 1 is 1.29 bits per heavy atom. The zero-order valence-electron chi connectivity index (χ0n) is 12.8. The average Bonchev–Trinajstić information content (AvgIpc) is 2.49. The summed E-state index contributed by atoms with van der Waals surface area (Å²) in [5.74, 6) is -0.542. The van der Waals surface area contributed by atoms with Crippen molar-refractivity contribution in [2.75, 3.05) is 0 Å². The van der Waals surface area contributed by atoms with Gasteiger partial charge in [-0.15, -0.1) is 0 Å². The maximum absolute atomic E-state index is 11.5. The molecule has 0 spiro atoms. The van der Waals surface area contributed by atoms with E-state index in [2.05, 4.69) is 21.5 Å². The van der Waals surface area contributed by atoms with E-state index < -0.39 is 5.91 Å². The average molecular weight is 284 g/mol. The molecule has 5 heteroatoms. The van der Waals surface area contributed by atoms with Crippen molar-refractivity contribution in [2.24, 2.45) is 5.73 Å². The van der Waals surface area contributed by atoms with Gasteiger partial charge in [0.15, 0.2) is 0 Å². The lowest BCUT2D eigenvalue weighted by molar-refractivity contribution is 0.100. The van der Waals surface area contributed by atoms with Crippen molar-refractivity contribution in [3.8, 4) is 0 Å². The van der Waals surface area contributed by atoms with Crippen LogP contribution in [0.5, 0.6) is 0 Å². The molecule has 0 fully saturated rings. The van der Waals surface area contributed by atoms with E-state index >= 15 is 0 Å². The second kappa shape index (κ2) is 7.28. The maximum Gasteiger partial charge on any atom is 0.251 e. The van der Waals surface area contributed by atoms with Gasteiger partial charge in [-0.25, -0.2) is 15.0 Å². The monoisotopic (exact) mass is 284 g/mol. The molecule has 0 aromatic carbocycles. The van der Waals surface area contributed by atoms with Crippen LogP contribution in [0.3, 0.4) is 0 Å². The number of amides is 1. The first-order valence-electron chi connectivity index (χ1n) is 6.78. The molecule has 0 unspecified atom stereocenters. The van der Waals surface area contributed by atoms with Gasteiger partial charge >= 0.3 is 0 Å². The predicted molar refractivity (Wildman–Crippen MR) is 85.8 cm³/mol. The molecule has 2 aromatic rings. The first-order valence-corrected chi connectivity index (χ1v) is 6.78. The fraction of sp³-hybridized carbons (Fsp3) is 0.250. The van der Waals surface area contributed by atoms with E-state index in [1.54, 1.807) is 6.07 Å². The van der Waals surface area contributed by atoms with E-state index in [9.17, 15) is 4.79 Å². The number of hydrogen-bond acceptors (Lipinski definition) is 4. The fourth-order valence-electron chi connectivity index (χ4n) is 1.79. The Labute approximate surface area is 124 Å². The van der Waals surface area contributed by atoms with E-state index in [0.717, 1.165) is 0 Å². The molecule has 0 aliphatic carbocycles. The Morgan fingerprint density at radius 3 is 2.52 bits per heavy atom. The van der Waals surface area contributed by atoms with Gasteiger partial charge in [-0.3, -0.25) is 4.79 Å². The number of allylic oxidation sites excluding steroid dienone is 3. The summed E-state index contributed by atoms with van der Waals surface area (Å²) in [5, 5.41) is 0. The van der Waals surface area contributed by atoms with Crippen LogP contribution in [0.2, 0.25) is 0 Å². The molecule has 2 rings (SSSR count). The summed E-state index contributed by atoms with van der Waals surface area (Å²) in [4.78, 5) is 24.2. The molecule has 0 atom stereocenters. The van der Waals surface area contributed by atoms with Crippen LogP contribution in [0.1, 0.15) is 42.5 Å². The molecule has 0 bridgehead atoms. The molecule has 0 aliphatic rings. The molecule has 1 amide bonds. The second-order valence-corrected chi connectivity index (χ2v) is 4.10. The van der Waals surface area contributed by atoms with Crippen LogP contribution in [0.15, 0.2) is 31.1 Å². The largest absolute Gasteiger partial charge is 0.366 e. The third-order valence-electron chi connectivity index (χ3n) is 2.74. The van der Waals surface area contributed by atoms with Crippen molar-refractivity contribution < 1.29 is 4.79 Å². The summed E-state index contributed by atoms with van der Waals surface area (Å²) < 4.78 is 0. The highest BCUT2D eigenvalue weighted by atomic mass is 16.1. The first kappa shape index (κ1) is 16.5. The minimum absolute atomic E-state index is 0.330. The van der Waals surface area contributed by atoms with Crippen molar-refractivity contribution in [3.05, 3.63) is 48.1 Å². The van der Waals surface area contributed by atoms with E-state index in [0.29, 0.717) is 33.6 Å². The summed E-state index contributed by atoms with van der Waals surface area (Å²) >= 11 is 0. The third-order valence-corrected chi connectivity index (χ3v) is 2.74. The van der Waals surface area contributed by atoms with Gasteiger partial charge in [-0.2, -0.15) is 0 Å². The van der Waals surface area contributed by atoms with Gasteiger partial charge in [0.2, 0.25) is 0 Å². The van der Waals surface area contributed by atoms with Gasteiger partial charge in [0.05, 0.1) is 17.0 Å². The highest BCUT2D eigenvalue weighted by Gasteiger charge is 2.14. The minimum atomic E-state index is -0.542. The molecule has 110 valence electrons. The van der Waals surface area contributed by atoms with E-state index in [1.807, 2.05) is 39.8 Å². The number of pyridine rings is 1. The fourth-order valence-corrected chi connectivity index (χ4v) is 1.79. The third kappa shape index (κ3) is 3.51. The van der Waals surface area contributed by atoms with Gasteiger partial charge in [-0.05, 0) is 25.5 Å². The van der Waals surface area contributed by atoms with Gasteiger partial charge in [0.25, 0.3) is 5.91 Å². The molecule has 0 aliphatic heterocycles. The van der Waals surface area contributed by atoms with Crippen molar-refractivity contribution in [2.45, 2.75) is 27.7 Å². The quantitative estimate of drug-likeness (QED) is 0.878. The number of hydrogen-bond donors (Lipinski definition) is 1. The topological polar surface area (TPSA) is 81.8 Å². The smallest absolute Gasteiger partial charge is 0.251 e. The SMILES string of the molecule is C=C(/C=C\C)c1cc(C(N)=O)c2ncnc(C)c2n1.CC. The normalized spacial score (nSPS) is 10.3. The summed E-state index contributed by atoms with van der Waals surface area (Å²) in [6.45, 7) is 11.6. The van der Waals surface area contributed by atoms with E-state index in [4.69, 9.17) is 5.73 Å². The van der Waals surface area contributed by atoms with Gasteiger partial charge in [-0.1, -0.05) is 32.6 Å². The predicted octanol–water partition coefficient (Wildman–Crippen LogP) is 3.05. The highest BCUT2D eigenvalue weighted by molar-refractivity contribution is 6.04. The Morgan fingerprint density at radius 2 is 1.95 bits per heavy atom. The molecular weight excluding hydrogens is 264 g/mol. The highest BCUT2D eigenvalue weighted by Crippen LogP contribution is 2.21. The van der Waals surface area contributed by atoms with E-state index in [-0.39, 0.29) is 0 Å². The molecule has 21 heavy (non-hydrogen) atoms. The molecular formula is C16H20N4O. The number of aryl methyl sites for hydroxylation is 1. The molecule has 2 aromatic heterocycles. The Balaban J connectivity index is 0.00000106. The number of primary amides is 1. The van der Waals surface area contributed by atoms with Gasteiger partial charge < -0.3 is 5.73 Å². The molecule has 0 saturated carbocycles. The number of aromatic nitrogens is 3. The lowest BCUT2D eigenvalue weighted by Crippen LogP contribution is -2.13. The minimum Gasteiger partial charge on any atom is -0.366 e. The molecule has 0 radical (unpaired) electrons. The standard InChI is InChI=1S/C14H14N4O.C2H6/c1-4-5-8(2)11-6-10(14(15)19)13-12(18-11)9(3)16-7-17-13;1-2/h4-7H,2H2,1,3H3,(H2,15,19);1-2H3/b5-4-;. The van der Waals surface area contributed by atoms with Crippen molar-refractivity contribution >= 4 is 22.5 Å². The second-order valence-electron chi connectivity index (χ2n) is 4.10. The van der Waals surface area contributed by atoms with Crippen LogP contribution in [0, 0.1) is 6.92 Å². The zero-order chi connectivity index (χ0) is 16.0. The summed E-state index contributed by atoms with van der Waals surface area (Å²) in [5.41, 5.74) is 8.76. The number of fused-ring (bicyclic) bond motifs is 1. The van der Waals surface area contributed by atoms with E-state index in [1.165, 1.54) is 6.33 Å². The molecule has 5 nitrogen and oxygen atoms in total. The van der Waals surface area contributed by atoms with Crippen molar-refractivity contribution in [1.29, 1.82) is 0 Å². The van der Waals surface area contributed by atoms with Crippen LogP contribution in [-0.4, -0.2) is 20.9 Å². The maximum atomic E-state index is 11.5. The van der Waals surface area contributed by atoms with Crippen molar-refractivity contribution in [3.63, 3.8) is 0 Å².